The molecule has 3 nitrogen and oxygen atoms in total. The molecule has 0 radical (unpaired) electrons. The van der Waals surface area contributed by atoms with E-state index in [4.69, 9.17) is 16.3 Å². The van der Waals surface area contributed by atoms with Crippen LogP contribution in [0.4, 0.5) is 19.0 Å². The van der Waals surface area contributed by atoms with Crippen LogP contribution in [0.3, 0.4) is 0 Å². The van der Waals surface area contributed by atoms with Crippen LogP contribution in [-0.4, -0.2) is 24.7 Å². The molecule has 1 fully saturated rings. The largest absolute Gasteiger partial charge is 0.416 e. The van der Waals surface area contributed by atoms with Crippen molar-refractivity contribution in [2.45, 2.75) is 12.6 Å². The second-order valence-corrected chi connectivity index (χ2v) is 4.56. The van der Waals surface area contributed by atoms with Crippen LogP contribution in [0.15, 0.2) is 12.1 Å². The minimum absolute atomic E-state index is 0.140. The molecule has 18 heavy (non-hydrogen) atoms. The lowest BCUT2D eigenvalue weighted by Gasteiger charge is -2.12. The van der Waals surface area contributed by atoms with Crippen molar-refractivity contribution in [1.29, 1.82) is 0 Å². The van der Waals surface area contributed by atoms with Crippen molar-refractivity contribution >= 4 is 17.4 Å². The average Bonchev–Trinajstić information content (AvgIpc) is 2.77. The Morgan fingerprint density at radius 2 is 2.22 bits per heavy atom. The summed E-state index contributed by atoms with van der Waals surface area (Å²) < 4.78 is 42.8. The van der Waals surface area contributed by atoms with Gasteiger partial charge >= 0.3 is 6.18 Å². The van der Waals surface area contributed by atoms with Crippen LogP contribution >= 0.6 is 11.6 Å². The second-order valence-electron chi connectivity index (χ2n) is 4.17. The molecule has 1 unspecified atom stereocenters. The molecule has 2 rings (SSSR count). The summed E-state index contributed by atoms with van der Waals surface area (Å²) in [6, 6.07) is 1.77. The van der Waals surface area contributed by atoms with Gasteiger partial charge in [-0.2, -0.15) is 13.2 Å². The van der Waals surface area contributed by atoms with Crippen molar-refractivity contribution in [3.05, 3.63) is 22.8 Å². The van der Waals surface area contributed by atoms with Crippen molar-refractivity contribution in [1.82, 2.24) is 4.98 Å². The first-order chi connectivity index (χ1) is 8.45. The van der Waals surface area contributed by atoms with E-state index in [0.717, 1.165) is 18.6 Å². The number of rotatable bonds is 3. The summed E-state index contributed by atoms with van der Waals surface area (Å²) in [7, 11) is 0. The maximum Gasteiger partial charge on any atom is 0.416 e. The summed E-state index contributed by atoms with van der Waals surface area (Å²) in [6.45, 7) is 1.85. The molecule has 0 aromatic carbocycles. The first kappa shape index (κ1) is 13.4. The number of ether oxygens (including phenoxy) is 1. The lowest BCUT2D eigenvalue weighted by molar-refractivity contribution is -0.137. The predicted molar refractivity (Wildman–Crippen MR) is 61.7 cm³/mol. The van der Waals surface area contributed by atoms with Crippen LogP contribution in [-0.2, 0) is 10.9 Å². The Balaban J connectivity index is 2.05. The summed E-state index contributed by atoms with van der Waals surface area (Å²) in [5.74, 6) is 0.446. The van der Waals surface area contributed by atoms with Gasteiger partial charge in [-0.15, -0.1) is 0 Å². The van der Waals surface area contributed by atoms with Gasteiger partial charge in [0.05, 0.1) is 12.2 Å². The highest BCUT2D eigenvalue weighted by molar-refractivity contribution is 6.29. The van der Waals surface area contributed by atoms with Gasteiger partial charge in [0.15, 0.2) is 0 Å². The lowest BCUT2D eigenvalue weighted by atomic mass is 10.1. The zero-order chi connectivity index (χ0) is 13.2. The van der Waals surface area contributed by atoms with E-state index in [1.54, 1.807) is 0 Å². The number of nitrogens with one attached hydrogen (secondary N) is 1. The Kier molecular flexibility index (Phi) is 3.97. The van der Waals surface area contributed by atoms with Crippen molar-refractivity contribution in [3.8, 4) is 0 Å². The molecule has 1 aliphatic heterocycles. The Morgan fingerprint density at radius 3 is 2.83 bits per heavy atom. The van der Waals surface area contributed by atoms with Crippen LogP contribution in [0.5, 0.6) is 0 Å². The number of anilines is 1. The lowest BCUT2D eigenvalue weighted by Crippen LogP contribution is -2.15. The van der Waals surface area contributed by atoms with Crippen LogP contribution in [0.1, 0.15) is 12.0 Å². The Bertz CT molecular complexity index is 419. The van der Waals surface area contributed by atoms with E-state index in [0.29, 0.717) is 25.7 Å². The molecule has 0 spiro atoms. The molecule has 0 amide bonds. The van der Waals surface area contributed by atoms with E-state index in [-0.39, 0.29) is 11.0 Å². The zero-order valence-corrected chi connectivity index (χ0v) is 10.2. The molecule has 0 bridgehead atoms. The SMILES string of the molecule is FC(F)(F)c1cc(Cl)nc(NCC2CCOC2)c1. The summed E-state index contributed by atoms with van der Waals surface area (Å²) >= 11 is 5.58. The van der Waals surface area contributed by atoms with Crippen LogP contribution in [0.2, 0.25) is 5.15 Å². The molecule has 1 saturated heterocycles. The highest BCUT2D eigenvalue weighted by Gasteiger charge is 2.31. The van der Waals surface area contributed by atoms with Gasteiger partial charge in [0, 0.05) is 19.1 Å². The van der Waals surface area contributed by atoms with Crippen molar-refractivity contribution in [3.63, 3.8) is 0 Å². The van der Waals surface area contributed by atoms with Gasteiger partial charge in [-0.25, -0.2) is 4.98 Å². The van der Waals surface area contributed by atoms with Crippen LogP contribution in [0, 0.1) is 5.92 Å². The van der Waals surface area contributed by atoms with Gasteiger partial charge in [-0.05, 0) is 18.6 Å². The Hall–Kier alpha value is -1.01. The molecule has 100 valence electrons. The highest BCUT2D eigenvalue weighted by atomic mass is 35.5. The first-order valence-corrected chi connectivity index (χ1v) is 5.89. The third-order valence-corrected chi connectivity index (χ3v) is 2.91. The molecule has 1 N–H and O–H groups in total. The Morgan fingerprint density at radius 1 is 1.44 bits per heavy atom. The molecule has 1 aliphatic rings. The molecule has 7 heteroatoms. The van der Waals surface area contributed by atoms with Gasteiger partial charge < -0.3 is 10.1 Å². The number of aromatic nitrogens is 1. The smallest absolute Gasteiger partial charge is 0.381 e. The molecule has 2 heterocycles. The van der Waals surface area contributed by atoms with Gasteiger partial charge in [0.2, 0.25) is 0 Å². The number of hydrogen-bond acceptors (Lipinski definition) is 3. The maximum absolute atomic E-state index is 12.6. The second kappa shape index (κ2) is 5.32. The Labute approximate surface area is 107 Å². The quantitative estimate of drug-likeness (QED) is 0.864. The van der Waals surface area contributed by atoms with Gasteiger partial charge in [0.25, 0.3) is 0 Å². The van der Waals surface area contributed by atoms with Gasteiger partial charge in [-0.1, -0.05) is 11.6 Å². The fourth-order valence-corrected chi connectivity index (χ4v) is 1.95. The summed E-state index contributed by atoms with van der Waals surface area (Å²) in [5.41, 5.74) is -0.798. The van der Waals surface area contributed by atoms with E-state index in [2.05, 4.69) is 10.3 Å². The summed E-state index contributed by atoms with van der Waals surface area (Å²) in [5, 5.41) is 2.69. The van der Waals surface area contributed by atoms with E-state index < -0.39 is 11.7 Å². The molecule has 1 aromatic rings. The van der Waals surface area contributed by atoms with E-state index in [9.17, 15) is 13.2 Å². The zero-order valence-electron chi connectivity index (χ0n) is 9.43. The van der Waals surface area contributed by atoms with Gasteiger partial charge in [-0.3, -0.25) is 0 Å². The minimum atomic E-state index is -4.42. The van der Waals surface area contributed by atoms with Crippen molar-refractivity contribution in [2.24, 2.45) is 5.92 Å². The third kappa shape index (κ3) is 3.49. The first-order valence-electron chi connectivity index (χ1n) is 5.51. The predicted octanol–water partition coefficient (Wildman–Crippen LogP) is 3.20. The number of pyridine rings is 1. The van der Waals surface area contributed by atoms with Crippen LogP contribution in [0.25, 0.3) is 0 Å². The number of nitrogens with zero attached hydrogens (tertiary/aromatic N) is 1. The van der Waals surface area contributed by atoms with Crippen molar-refractivity contribution in [2.75, 3.05) is 25.1 Å². The van der Waals surface area contributed by atoms with Gasteiger partial charge in [0.1, 0.15) is 11.0 Å². The van der Waals surface area contributed by atoms with Crippen molar-refractivity contribution < 1.29 is 17.9 Å². The third-order valence-electron chi connectivity index (χ3n) is 2.72. The molecule has 1 atom stereocenters. The fraction of sp³-hybridized carbons (Fsp3) is 0.545. The highest BCUT2D eigenvalue weighted by Crippen LogP contribution is 2.32. The summed E-state index contributed by atoms with van der Waals surface area (Å²) in [6.07, 6.45) is -3.51. The number of alkyl halides is 3. The van der Waals surface area contributed by atoms with Crippen LogP contribution < -0.4 is 5.32 Å². The minimum Gasteiger partial charge on any atom is -0.381 e. The molecule has 1 aromatic heterocycles. The molecular weight excluding hydrogens is 269 g/mol. The molecular formula is C11H12ClF3N2O. The van der Waals surface area contributed by atoms with E-state index in [1.807, 2.05) is 0 Å². The number of hydrogen-bond donors (Lipinski definition) is 1. The average molecular weight is 281 g/mol. The van der Waals surface area contributed by atoms with E-state index >= 15 is 0 Å². The number of halogens is 4. The monoisotopic (exact) mass is 280 g/mol. The normalized spacial score (nSPS) is 20.1. The standard InChI is InChI=1S/C11H12ClF3N2O/c12-9-3-8(11(13,14)15)4-10(17-9)16-5-7-1-2-18-6-7/h3-4,7H,1-2,5-6H2,(H,16,17). The topological polar surface area (TPSA) is 34.2 Å². The van der Waals surface area contributed by atoms with E-state index in [1.165, 1.54) is 0 Å². The molecule has 0 aliphatic carbocycles. The maximum atomic E-state index is 12.6. The fourth-order valence-electron chi connectivity index (χ4n) is 1.74. The molecule has 0 saturated carbocycles. The summed E-state index contributed by atoms with van der Waals surface area (Å²) in [4.78, 5) is 3.82.